The van der Waals surface area contributed by atoms with Crippen molar-refractivity contribution in [2.45, 2.75) is 55.6 Å². The summed E-state index contributed by atoms with van der Waals surface area (Å²) in [5.74, 6) is 0.585. The molecule has 1 aromatic rings. The first-order valence-corrected chi connectivity index (χ1v) is 8.11. The zero-order chi connectivity index (χ0) is 12.8. The van der Waals surface area contributed by atoms with Crippen LogP contribution in [0.5, 0.6) is 0 Å². The minimum absolute atomic E-state index is 0.585. The lowest BCUT2D eigenvalue weighted by atomic mass is 10.0. The average Bonchev–Trinajstić information content (AvgIpc) is 2.42. The fourth-order valence-electron chi connectivity index (χ4n) is 2.57. The van der Waals surface area contributed by atoms with Crippen molar-refractivity contribution in [3.63, 3.8) is 0 Å². The smallest absolute Gasteiger partial charge is 0.00944 e. The number of nitrogens with two attached hydrogens (primary N) is 1. The normalized spacial score (nSPS) is 18.8. The summed E-state index contributed by atoms with van der Waals surface area (Å²) in [6.45, 7) is 2.99. The van der Waals surface area contributed by atoms with Gasteiger partial charge in [0.25, 0.3) is 0 Å². The first-order chi connectivity index (χ1) is 8.78. The second kappa shape index (κ2) is 7.20. The van der Waals surface area contributed by atoms with E-state index in [4.69, 9.17) is 5.73 Å². The van der Waals surface area contributed by atoms with Crippen molar-refractivity contribution in [2.24, 2.45) is 11.7 Å². The molecule has 0 bridgehead atoms. The molecule has 0 aromatic heterocycles. The highest BCUT2D eigenvalue weighted by atomic mass is 32.2. The lowest BCUT2D eigenvalue weighted by Gasteiger charge is -2.21. The molecular formula is C16H25NS. The SMILES string of the molecule is CC(CN)Cc1ccc(SC2CCCCC2)cc1. The third-order valence-corrected chi connectivity index (χ3v) is 5.11. The third kappa shape index (κ3) is 4.33. The molecule has 0 amide bonds. The summed E-state index contributed by atoms with van der Waals surface area (Å²) in [5, 5.41) is 0.854. The molecule has 2 rings (SSSR count). The molecule has 0 spiro atoms. The van der Waals surface area contributed by atoms with Crippen molar-refractivity contribution in [1.29, 1.82) is 0 Å². The number of thioether (sulfide) groups is 1. The minimum Gasteiger partial charge on any atom is -0.330 e. The molecule has 1 aliphatic rings. The molecule has 1 saturated carbocycles. The maximum Gasteiger partial charge on any atom is 0.00944 e. The lowest BCUT2D eigenvalue weighted by molar-refractivity contribution is 0.516. The molecule has 18 heavy (non-hydrogen) atoms. The Kier molecular flexibility index (Phi) is 5.58. The van der Waals surface area contributed by atoms with E-state index < -0.39 is 0 Å². The van der Waals surface area contributed by atoms with Gasteiger partial charge in [-0.05, 0) is 49.4 Å². The van der Waals surface area contributed by atoms with E-state index in [-0.39, 0.29) is 0 Å². The van der Waals surface area contributed by atoms with Crippen molar-refractivity contribution >= 4 is 11.8 Å². The van der Waals surface area contributed by atoms with E-state index in [0.29, 0.717) is 5.92 Å². The quantitative estimate of drug-likeness (QED) is 0.859. The largest absolute Gasteiger partial charge is 0.330 e. The van der Waals surface area contributed by atoms with Gasteiger partial charge >= 0.3 is 0 Å². The van der Waals surface area contributed by atoms with E-state index in [2.05, 4.69) is 43.0 Å². The van der Waals surface area contributed by atoms with E-state index in [9.17, 15) is 0 Å². The predicted molar refractivity (Wildman–Crippen MR) is 81.1 cm³/mol. The van der Waals surface area contributed by atoms with Gasteiger partial charge in [0.15, 0.2) is 0 Å². The fourth-order valence-corrected chi connectivity index (χ4v) is 3.81. The standard InChI is InChI=1S/C16H25NS/c1-13(12-17)11-14-7-9-16(10-8-14)18-15-5-3-2-4-6-15/h7-10,13,15H,2-6,11-12,17H2,1H3. The Hall–Kier alpha value is -0.470. The van der Waals surface area contributed by atoms with Crippen LogP contribution >= 0.6 is 11.8 Å². The number of hydrogen-bond donors (Lipinski definition) is 1. The van der Waals surface area contributed by atoms with E-state index in [1.54, 1.807) is 0 Å². The fraction of sp³-hybridized carbons (Fsp3) is 0.625. The van der Waals surface area contributed by atoms with Gasteiger partial charge in [-0.3, -0.25) is 0 Å². The van der Waals surface area contributed by atoms with E-state index in [1.165, 1.54) is 42.6 Å². The Morgan fingerprint density at radius 3 is 2.44 bits per heavy atom. The van der Waals surface area contributed by atoms with Gasteiger partial charge in [0.05, 0.1) is 0 Å². The van der Waals surface area contributed by atoms with Gasteiger partial charge < -0.3 is 5.73 Å². The van der Waals surface area contributed by atoms with E-state index in [0.717, 1.165) is 18.2 Å². The number of hydrogen-bond acceptors (Lipinski definition) is 2. The van der Waals surface area contributed by atoms with Crippen LogP contribution in [-0.4, -0.2) is 11.8 Å². The van der Waals surface area contributed by atoms with Gasteiger partial charge in [0.1, 0.15) is 0 Å². The zero-order valence-corrected chi connectivity index (χ0v) is 12.2. The van der Waals surface area contributed by atoms with E-state index in [1.807, 2.05) is 0 Å². The summed E-state index contributed by atoms with van der Waals surface area (Å²) < 4.78 is 0. The molecule has 1 aromatic carbocycles. The maximum atomic E-state index is 5.67. The highest BCUT2D eigenvalue weighted by molar-refractivity contribution is 8.00. The molecule has 0 heterocycles. The van der Waals surface area contributed by atoms with Crippen LogP contribution in [0.3, 0.4) is 0 Å². The van der Waals surface area contributed by atoms with Gasteiger partial charge in [-0.25, -0.2) is 0 Å². The second-order valence-electron chi connectivity index (χ2n) is 5.57. The first kappa shape index (κ1) is 14.0. The highest BCUT2D eigenvalue weighted by Crippen LogP contribution is 2.33. The topological polar surface area (TPSA) is 26.0 Å². The highest BCUT2D eigenvalue weighted by Gasteiger charge is 2.14. The minimum atomic E-state index is 0.585. The average molecular weight is 263 g/mol. The van der Waals surface area contributed by atoms with Crippen LogP contribution in [0.25, 0.3) is 0 Å². The molecule has 1 atom stereocenters. The summed E-state index contributed by atoms with van der Waals surface area (Å²) >= 11 is 2.07. The molecule has 0 saturated heterocycles. The van der Waals surface area contributed by atoms with Crippen LogP contribution in [-0.2, 0) is 6.42 Å². The second-order valence-corrected chi connectivity index (χ2v) is 6.94. The summed E-state index contributed by atoms with van der Waals surface area (Å²) in [7, 11) is 0. The van der Waals surface area contributed by atoms with Crippen molar-refractivity contribution in [1.82, 2.24) is 0 Å². The first-order valence-electron chi connectivity index (χ1n) is 7.23. The predicted octanol–water partition coefficient (Wildman–Crippen LogP) is 4.25. The zero-order valence-electron chi connectivity index (χ0n) is 11.4. The number of rotatable bonds is 5. The number of benzene rings is 1. The summed E-state index contributed by atoms with van der Waals surface area (Å²) in [4.78, 5) is 1.44. The Morgan fingerprint density at radius 1 is 1.17 bits per heavy atom. The van der Waals surface area contributed by atoms with Crippen molar-refractivity contribution in [2.75, 3.05) is 6.54 Å². The van der Waals surface area contributed by atoms with Crippen LogP contribution in [0.15, 0.2) is 29.2 Å². The van der Waals surface area contributed by atoms with Gasteiger partial charge in [-0.15, -0.1) is 11.8 Å². The van der Waals surface area contributed by atoms with Gasteiger partial charge in [-0.2, -0.15) is 0 Å². The Morgan fingerprint density at radius 2 is 1.83 bits per heavy atom. The molecule has 0 radical (unpaired) electrons. The monoisotopic (exact) mass is 263 g/mol. The van der Waals surface area contributed by atoms with E-state index >= 15 is 0 Å². The van der Waals surface area contributed by atoms with Gasteiger partial charge in [0.2, 0.25) is 0 Å². The summed E-state index contributed by atoms with van der Waals surface area (Å²) in [5.41, 5.74) is 7.09. The molecular weight excluding hydrogens is 238 g/mol. The summed E-state index contributed by atoms with van der Waals surface area (Å²) in [6, 6.07) is 9.13. The van der Waals surface area contributed by atoms with Crippen molar-refractivity contribution in [3.05, 3.63) is 29.8 Å². The van der Waals surface area contributed by atoms with Crippen LogP contribution in [0.2, 0.25) is 0 Å². The van der Waals surface area contributed by atoms with Crippen LogP contribution in [0, 0.1) is 5.92 Å². The molecule has 2 N–H and O–H groups in total. The molecule has 100 valence electrons. The van der Waals surface area contributed by atoms with Crippen LogP contribution in [0.4, 0.5) is 0 Å². The van der Waals surface area contributed by atoms with Crippen LogP contribution in [0.1, 0.15) is 44.6 Å². The van der Waals surface area contributed by atoms with Crippen molar-refractivity contribution < 1.29 is 0 Å². The Balaban J connectivity index is 1.86. The molecule has 1 nitrogen and oxygen atoms in total. The van der Waals surface area contributed by atoms with Gasteiger partial charge in [0, 0.05) is 10.1 Å². The summed E-state index contributed by atoms with van der Waals surface area (Å²) in [6.07, 6.45) is 8.18. The van der Waals surface area contributed by atoms with Gasteiger partial charge in [-0.1, -0.05) is 38.3 Å². The Labute approximate surface area is 116 Å². The molecule has 1 aliphatic carbocycles. The molecule has 1 fully saturated rings. The van der Waals surface area contributed by atoms with Crippen LogP contribution < -0.4 is 5.73 Å². The lowest BCUT2D eigenvalue weighted by Crippen LogP contribution is -2.13. The third-order valence-electron chi connectivity index (χ3n) is 3.76. The van der Waals surface area contributed by atoms with Crippen molar-refractivity contribution in [3.8, 4) is 0 Å². The maximum absolute atomic E-state index is 5.67. The Bertz CT molecular complexity index is 341. The molecule has 2 heteroatoms. The molecule has 1 unspecified atom stereocenters. The molecule has 0 aliphatic heterocycles.